The number of hydrogen-bond acceptors (Lipinski definition) is 4. The molecule has 2 aromatic rings. The summed E-state index contributed by atoms with van der Waals surface area (Å²) in [7, 11) is 1.62. The highest BCUT2D eigenvalue weighted by molar-refractivity contribution is 6.31. The van der Waals surface area contributed by atoms with Crippen LogP contribution in [0.4, 0.5) is 11.4 Å². The molecule has 0 saturated carbocycles. The summed E-state index contributed by atoms with van der Waals surface area (Å²) >= 11 is 6.18. The van der Waals surface area contributed by atoms with E-state index in [1.54, 1.807) is 19.3 Å². The van der Waals surface area contributed by atoms with E-state index in [1.165, 1.54) is 6.08 Å². The summed E-state index contributed by atoms with van der Waals surface area (Å²) in [5, 5.41) is 3.58. The molecule has 0 radical (unpaired) electrons. The smallest absolute Gasteiger partial charge is 0.248 e. The Morgan fingerprint density at radius 2 is 1.96 bits per heavy atom. The van der Waals surface area contributed by atoms with Gasteiger partial charge in [-0.25, -0.2) is 0 Å². The molecule has 1 heterocycles. The Hall–Kier alpha value is -2.50. The van der Waals surface area contributed by atoms with Crippen molar-refractivity contribution < 1.29 is 9.53 Å². The number of methoxy groups -OCH3 is 1. The van der Waals surface area contributed by atoms with Gasteiger partial charge >= 0.3 is 0 Å². The Bertz CT molecular complexity index is 845. The van der Waals surface area contributed by atoms with Crippen LogP contribution in [0.2, 0.25) is 5.02 Å². The fourth-order valence-corrected chi connectivity index (χ4v) is 3.45. The van der Waals surface area contributed by atoms with E-state index >= 15 is 0 Å². The molecule has 1 amide bonds. The molecule has 28 heavy (non-hydrogen) atoms. The summed E-state index contributed by atoms with van der Waals surface area (Å²) in [5.41, 5.74) is 2.64. The number of amides is 1. The number of nitrogens with one attached hydrogen (secondary N) is 1. The van der Waals surface area contributed by atoms with Gasteiger partial charge in [0.25, 0.3) is 0 Å². The molecule has 1 aliphatic heterocycles. The third-order valence-electron chi connectivity index (χ3n) is 4.90. The number of hydrogen-bond donors (Lipinski definition) is 1. The van der Waals surface area contributed by atoms with Gasteiger partial charge in [-0.1, -0.05) is 30.7 Å². The fourth-order valence-electron chi connectivity index (χ4n) is 3.28. The Morgan fingerprint density at radius 3 is 2.68 bits per heavy atom. The summed E-state index contributed by atoms with van der Waals surface area (Å²) in [4.78, 5) is 17.2. The molecule has 0 atom stereocenters. The van der Waals surface area contributed by atoms with E-state index in [9.17, 15) is 4.79 Å². The van der Waals surface area contributed by atoms with Gasteiger partial charge in [0.15, 0.2) is 0 Å². The van der Waals surface area contributed by atoms with E-state index in [2.05, 4.69) is 22.0 Å². The average molecular weight is 400 g/mol. The van der Waals surface area contributed by atoms with E-state index in [0.29, 0.717) is 5.02 Å². The van der Waals surface area contributed by atoms with E-state index in [-0.39, 0.29) is 5.91 Å². The first-order valence-corrected chi connectivity index (χ1v) is 9.87. The molecule has 0 aliphatic carbocycles. The minimum absolute atomic E-state index is 0.196. The Morgan fingerprint density at radius 1 is 1.18 bits per heavy atom. The van der Waals surface area contributed by atoms with E-state index in [0.717, 1.165) is 55.4 Å². The number of piperazine rings is 1. The van der Waals surface area contributed by atoms with Gasteiger partial charge in [0, 0.05) is 37.3 Å². The van der Waals surface area contributed by atoms with Gasteiger partial charge in [0.2, 0.25) is 5.91 Å². The minimum atomic E-state index is -0.196. The van der Waals surface area contributed by atoms with Crippen LogP contribution in [-0.2, 0) is 4.79 Å². The zero-order chi connectivity index (χ0) is 19.9. The van der Waals surface area contributed by atoms with E-state index < -0.39 is 0 Å². The number of rotatable bonds is 6. The van der Waals surface area contributed by atoms with Crippen LogP contribution in [-0.4, -0.2) is 50.6 Å². The van der Waals surface area contributed by atoms with Crippen LogP contribution in [0.15, 0.2) is 48.5 Å². The lowest BCUT2D eigenvalue weighted by molar-refractivity contribution is -0.111. The standard InChI is InChI=1S/C22H26ClN3O2/c1-3-25-11-13-26(14-12-25)21-9-8-18(23)16-20(21)24-22(27)10-7-17-5-4-6-19(15-17)28-2/h4-10,15-16H,3,11-14H2,1-2H3,(H,24,27)/b10-7+. The topological polar surface area (TPSA) is 44.8 Å². The summed E-state index contributed by atoms with van der Waals surface area (Å²) in [6.45, 7) is 7.13. The average Bonchev–Trinajstić information content (AvgIpc) is 2.73. The molecule has 1 N–H and O–H groups in total. The van der Waals surface area contributed by atoms with Crippen molar-refractivity contribution in [2.24, 2.45) is 0 Å². The number of halogens is 1. The van der Waals surface area contributed by atoms with Crippen molar-refractivity contribution in [2.75, 3.05) is 50.1 Å². The fraction of sp³-hybridized carbons (Fsp3) is 0.318. The molecular weight excluding hydrogens is 374 g/mol. The highest BCUT2D eigenvalue weighted by Crippen LogP contribution is 2.30. The molecule has 2 aromatic carbocycles. The van der Waals surface area contributed by atoms with Crippen molar-refractivity contribution in [1.29, 1.82) is 0 Å². The maximum atomic E-state index is 12.5. The highest BCUT2D eigenvalue weighted by atomic mass is 35.5. The normalized spacial score (nSPS) is 15.0. The summed E-state index contributed by atoms with van der Waals surface area (Å²) in [5.74, 6) is 0.560. The number of likely N-dealkylation sites (N-methyl/N-ethyl adjacent to an activating group) is 1. The SMILES string of the molecule is CCN1CCN(c2ccc(Cl)cc2NC(=O)/C=C/c2cccc(OC)c2)CC1. The number of carbonyl (C=O) groups is 1. The van der Waals surface area contributed by atoms with Crippen molar-refractivity contribution in [3.05, 3.63) is 59.1 Å². The first-order chi connectivity index (χ1) is 13.6. The van der Waals surface area contributed by atoms with Crippen molar-refractivity contribution in [2.45, 2.75) is 6.92 Å². The second-order valence-electron chi connectivity index (χ2n) is 6.68. The van der Waals surface area contributed by atoms with Crippen LogP contribution < -0.4 is 15.0 Å². The number of anilines is 2. The summed E-state index contributed by atoms with van der Waals surface area (Å²) in [6, 6.07) is 13.2. The predicted octanol–water partition coefficient (Wildman–Crippen LogP) is 4.14. The van der Waals surface area contributed by atoms with Gasteiger partial charge in [0.05, 0.1) is 18.5 Å². The molecule has 0 spiro atoms. The third kappa shape index (κ3) is 5.27. The van der Waals surface area contributed by atoms with Crippen molar-refractivity contribution in [3.8, 4) is 5.75 Å². The molecule has 148 valence electrons. The number of carbonyl (C=O) groups excluding carboxylic acids is 1. The third-order valence-corrected chi connectivity index (χ3v) is 5.13. The molecule has 0 unspecified atom stereocenters. The maximum Gasteiger partial charge on any atom is 0.248 e. The quantitative estimate of drug-likeness (QED) is 0.741. The zero-order valence-corrected chi connectivity index (χ0v) is 17.1. The molecular formula is C22H26ClN3O2. The Kier molecular flexibility index (Phi) is 6.95. The highest BCUT2D eigenvalue weighted by Gasteiger charge is 2.19. The Balaban J connectivity index is 1.71. The van der Waals surface area contributed by atoms with Crippen molar-refractivity contribution in [3.63, 3.8) is 0 Å². The van der Waals surface area contributed by atoms with Crippen LogP contribution in [0.1, 0.15) is 12.5 Å². The molecule has 5 nitrogen and oxygen atoms in total. The molecule has 6 heteroatoms. The predicted molar refractivity (Wildman–Crippen MR) is 116 cm³/mol. The van der Waals surface area contributed by atoms with Gasteiger partial charge in [-0.05, 0) is 48.5 Å². The Labute approximate surface area is 171 Å². The van der Waals surface area contributed by atoms with Gasteiger partial charge in [-0.2, -0.15) is 0 Å². The van der Waals surface area contributed by atoms with Gasteiger partial charge in [0.1, 0.15) is 5.75 Å². The lowest BCUT2D eigenvalue weighted by Crippen LogP contribution is -2.46. The molecule has 1 saturated heterocycles. The second kappa shape index (κ2) is 9.62. The number of benzene rings is 2. The molecule has 0 bridgehead atoms. The lowest BCUT2D eigenvalue weighted by atomic mass is 10.2. The van der Waals surface area contributed by atoms with Crippen LogP contribution in [0.25, 0.3) is 6.08 Å². The zero-order valence-electron chi connectivity index (χ0n) is 16.3. The van der Waals surface area contributed by atoms with Crippen molar-refractivity contribution in [1.82, 2.24) is 4.90 Å². The van der Waals surface area contributed by atoms with Crippen molar-refractivity contribution >= 4 is 35.0 Å². The lowest BCUT2D eigenvalue weighted by Gasteiger charge is -2.36. The van der Waals surface area contributed by atoms with Crippen LogP contribution in [0.3, 0.4) is 0 Å². The molecule has 1 aliphatic rings. The maximum absolute atomic E-state index is 12.5. The largest absolute Gasteiger partial charge is 0.497 e. The molecule has 1 fully saturated rings. The molecule has 3 rings (SSSR count). The van der Waals surface area contributed by atoms with E-state index in [1.807, 2.05) is 36.4 Å². The van der Waals surface area contributed by atoms with Gasteiger partial charge in [-0.15, -0.1) is 0 Å². The molecule has 0 aromatic heterocycles. The van der Waals surface area contributed by atoms with Crippen LogP contribution >= 0.6 is 11.6 Å². The van der Waals surface area contributed by atoms with E-state index in [4.69, 9.17) is 16.3 Å². The summed E-state index contributed by atoms with van der Waals surface area (Å²) < 4.78 is 5.21. The number of nitrogens with zero attached hydrogens (tertiary/aromatic N) is 2. The van der Waals surface area contributed by atoms with Gasteiger partial charge in [-0.3, -0.25) is 4.79 Å². The summed E-state index contributed by atoms with van der Waals surface area (Å²) in [6.07, 6.45) is 3.29. The second-order valence-corrected chi connectivity index (χ2v) is 7.12. The first-order valence-electron chi connectivity index (χ1n) is 9.49. The minimum Gasteiger partial charge on any atom is -0.497 e. The monoisotopic (exact) mass is 399 g/mol. The van der Waals surface area contributed by atoms with Gasteiger partial charge < -0.3 is 19.9 Å². The van der Waals surface area contributed by atoms with Crippen LogP contribution in [0.5, 0.6) is 5.75 Å². The first kappa shape index (κ1) is 20.2. The van der Waals surface area contributed by atoms with Crippen LogP contribution in [0, 0.1) is 0 Å². The number of ether oxygens (including phenoxy) is 1.